The largest absolute Gasteiger partial charge is 0.326 e. The topological polar surface area (TPSA) is 96.0 Å². The first-order valence-corrected chi connectivity index (χ1v) is 10.9. The first-order chi connectivity index (χ1) is 15.3. The fourth-order valence-corrected chi connectivity index (χ4v) is 3.71. The number of benzene rings is 2. The highest BCUT2D eigenvalue weighted by molar-refractivity contribution is 7.18. The minimum atomic E-state index is -1.09. The first kappa shape index (κ1) is 23.6. The maximum atomic E-state index is 13.4. The molecule has 2 atom stereocenters. The predicted molar refractivity (Wildman–Crippen MR) is 121 cm³/mol. The standard InChI is InChI=1S/C21H20ClF2N5O2S/c1-3-11(2)17(26-20(31)25-14-7-8-15(23)16(24)10-14)18(30)27-21-29-28-19(32-21)12-5-4-6-13(22)9-12/h4-11,17H,3H2,1-2H3,(H2,25,26,31)(H,27,29,30)/t11-,17+/m0/s1. The number of rotatable bonds is 7. The molecule has 11 heteroatoms. The van der Waals surface area contributed by atoms with Crippen molar-refractivity contribution in [1.82, 2.24) is 15.5 Å². The van der Waals surface area contributed by atoms with Gasteiger partial charge in [0, 0.05) is 22.3 Å². The summed E-state index contributed by atoms with van der Waals surface area (Å²) in [6, 6.07) is 8.42. The number of carbonyl (C=O) groups excluding carboxylic acids is 2. The predicted octanol–water partition coefficient (Wildman–Crippen LogP) is 5.31. The van der Waals surface area contributed by atoms with Gasteiger partial charge in [0.2, 0.25) is 11.0 Å². The van der Waals surface area contributed by atoms with Gasteiger partial charge in [-0.25, -0.2) is 13.6 Å². The normalized spacial score (nSPS) is 12.7. The average Bonchev–Trinajstić information content (AvgIpc) is 3.22. The van der Waals surface area contributed by atoms with Gasteiger partial charge in [0.15, 0.2) is 11.6 Å². The Hall–Kier alpha value is -3.11. The van der Waals surface area contributed by atoms with Crippen LogP contribution in [0.5, 0.6) is 0 Å². The maximum Gasteiger partial charge on any atom is 0.319 e. The van der Waals surface area contributed by atoms with E-state index in [9.17, 15) is 18.4 Å². The van der Waals surface area contributed by atoms with Crippen LogP contribution in [0, 0.1) is 17.6 Å². The summed E-state index contributed by atoms with van der Waals surface area (Å²) in [4.78, 5) is 25.2. The van der Waals surface area contributed by atoms with Gasteiger partial charge < -0.3 is 10.6 Å². The lowest BCUT2D eigenvalue weighted by Crippen LogP contribution is -2.49. The van der Waals surface area contributed by atoms with Crippen LogP contribution in [0.2, 0.25) is 5.02 Å². The number of amides is 3. The van der Waals surface area contributed by atoms with Gasteiger partial charge in [-0.15, -0.1) is 10.2 Å². The highest BCUT2D eigenvalue weighted by Crippen LogP contribution is 2.28. The minimum Gasteiger partial charge on any atom is -0.326 e. The second kappa shape index (κ2) is 10.5. The quantitative estimate of drug-likeness (QED) is 0.427. The van der Waals surface area contributed by atoms with Crippen LogP contribution >= 0.6 is 22.9 Å². The van der Waals surface area contributed by atoms with Crippen LogP contribution in [-0.2, 0) is 4.79 Å². The van der Waals surface area contributed by atoms with Gasteiger partial charge in [-0.3, -0.25) is 10.1 Å². The Kier molecular flexibility index (Phi) is 7.70. The third kappa shape index (κ3) is 5.98. The zero-order chi connectivity index (χ0) is 23.3. The molecule has 32 heavy (non-hydrogen) atoms. The molecule has 0 aliphatic rings. The second-order valence-electron chi connectivity index (χ2n) is 7.00. The number of hydrogen-bond donors (Lipinski definition) is 3. The molecule has 0 aliphatic heterocycles. The second-order valence-corrected chi connectivity index (χ2v) is 8.42. The molecule has 0 bridgehead atoms. The van der Waals surface area contributed by atoms with E-state index in [1.807, 2.05) is 13.0 Å². The fraction of sp³-hybridized carbons (Fsp3) is 0.238. The SMILES string of the molecule is CC[C@H](C)[C@@H](NC(=O)Nc1ccc(F)c(F)c1)C(=O)Nc1nnc(-c2cccc(Cl)c2)s1. The van der Waals surface area contributed by atoms with E-state index < -0.39 is 29.6 Å². The van der Waals surface area contributed by atoms with E-state index in [1.165, 1.54) is 17.4 Å². The van der Waals surface area contributed by atoms with Crippen molar-refractivity contribution in [2.24, 2.45) is 5.92 Å². The Morgan fingerprint density at radius 3 is 2.56 bits per heavy atom. The molecule has 168 valence electrons. The monoisotopic (exact) mass is 479 g/mol. The molecule has 2 aromatic carbocycles. The van der Waals surface area contributed by atoms with Gasteiger partial charge >= 0.3 is 6.03 Å². The molecular weight excluding hydrogens is 460 g/mol. The van der Waals surface area contributed by atoms with E-state index >= 15 is 0 Å². The molecular formula is C21H20ClF2N5O2S. The van der Waals surface area contributed by atoms with Crippen LogP contribution in [0.4, 0.5) is 24.4 Å². The van der Waals surface area contributed by atoms with Gasteiger partial charge in [-0.1, -0.05) is 55.3 Å². The Morgan fingerprint density at radius 2 is 1.88 bits per heavy atom. The van der Waals surface area contributed by atoms with Gasteiger partial charge in [0.1, 0.15) is 11.0 Å². The highest BCUT2D eigenvalue weighted by Gasteiger charge is 2.27. The Balaban J connectivity index is 1.68. The Labute approximate surface area is 192 Å². The number of hydrogen-bond acceptors (Lipinski definition) is 5. The number of anilines is 2. The molecule has 0 fully saturated rings. The summed E-state index contributed by atoms with van der Waals surface area (Å²) < 4.78 is 26.4. The van der Waals surface area contributed by atoms with E-state index in [0.717, 1.165) is 17.7 Å². The van der Waals surface area contributed by atoms with E-state index in [4.69, 9.17) is 11.6 Å². The van der Waals surface area contributed by atoms with Crippen LogP contribution in [0.25, 0.3) is 10.6 Å². The average molecular weight is 480 g/mol. The van der Waals surface area contributed by atoms with Crippen LogP contribution in [0.1, 0.15) is 20.3 Å². The molecule has 3 rings (SSSR count). The van der Waals surface area contributed by atoms with Crippen molar-refractivity contribution in [3.8, 4) is 10.6 Å². The molecule has 0 aliphatic carbocycles. The molecule has 7 nitrogen and oxygen atoms in total. The summed E-state index contributed by atoms with van der Waals surface area (Å²) in [5.41, 5.74) is 0.818. The number of urea groups is 1. The molecule has 0 saturated heterocycles. The zero-order valence-electron chi connectivity index (χ0n) is 17.2. The van der Waals surface area contributed by atoms with Crippen molar-refractivity contribution >= 4 is 45.7 Å². The lowest BCUT2D eigenvalue weighted by atomic mass is 9.98. The molecule has 3 N–H and O–H groups in total. The van der Waals surface area contributed by atoms with E-state index in [0.29, 0.717) is 16.5 Å². The molecule has 3 amide bonds. The van der Waals surface area contributed by atoms with E-state index in [1.54, 1.807) is 25.1 Å². The van der Waals surface area contributed by atoms with Gasteiger partial charge in [0.05, 0.1) is 0 Å². The van der Waals surface area contributed by atoms with Crippen molar-refractivity contribution < 1.29 is 18.4 Å². The summed E-state index contributed by atoms with van der Waals surface area (Å²) >= 11 is 7.17. The summed E-state index contributed by atoms with van der Waals surface area (Å²) in [6.07, 6.45) is 0.605. The van der Waals surface area contributed by atoms with Crippen LogP contribution in [-0.4, -0.2) is 28.2 Å². The van der Waals surface area contributed by atoms with Gasteiger partial charge in [-0.2, -0.15) is 0 Å². The molecule has 3 aromatic rings. The summed E-state index contributed by atoms with van der Waals surface area (Å²) in [5, 5.41) is 17.1. The lowest BCUT2D eigenvalue weighted by Gasteiger charge is -2.23. The summed E-state index contributed by atoms with van der Waals surface area (Å²) in [5.74, 6) is -2.81. The molecule has 0 saturated carbocycles. The fourth-order valence-electron chi connectivity index (χ4n) is 2.78. The van der Waals surface area contributed by atoms with Crippen molar-refractivity contribution in [3.63, 3.8) is 0 Å². The first-order valence-electron chi connectivity index (χ1n) is 9.69. The van der Waals surface area contributed by atoms with E-state index in [2.05, 4.69) is 26.1 Å². The molecule has 0 radical (unpaired) electrons. The maximum absolute atomic E-state index is 13.4. The minimum absolute atomic E-state index is 0.0556. The molecule has 0 spiro atoms. The third-order valence-electron chi connectivity index (χ3n) is 4.69. The molecule has 0 unspecified atom stereocenters. The highest BCUT2D eigenvalue weighted by atomic mass is 35.5. The van der Waals surface area contributed by atoms with Crippen molar-refractivity contribution in [1.29, 1.82) is 0 Å². The number of carbonyl (C=O) groups is 2. The van der Waals surface area contributed by atoms with Crippen molar-refractivity contribution in [3.05, 3.63) is 59.1 Å². The summed E-state index contributed by atoms with van der Waals surface area (Å²) in [7, 11) is 0. The Bertz CT molecular complexity index is 1130. The lowest BCUT2D eigenvalue weighted by molar-refractivity contribution is -0.119. The van der Waals surface area contributed by atoms with Crippen molar-refractivity contribution in [2.45, 2.75) is 26.3 Å². The number of halogens is 3. The summed E-state index contributed by atoms with van der Waals surface area (Å²) in [6.45, 7) is 3.68. The van der Waals surface area contributed by atoms with E-state index in [-0.39, 0.29) is 16.7 Å². The van der Waals surface area contributed by atoms with Crippen LogP contribution < -0.4 is 16.0 Å². The van der Waals surface area contributed by atoms with Crippen molar-refractivity contribution in [2.75, 3.05) is 10.6 Å². The van der Waals surface area contributed by atoms with Gasteiger partial charge in [-0.05, 0) is 30.2 Å². The number of nitrogens with zero attached hydrogens (tertiary/aromatic N) is 2. The van der Waals surface area contributed by atoms with Gasteiger partial charge in [0.25, 0.3) is 0 Å². The third-order valence-corrected chi connectivity index (χ3v) is 5.81. The molecule has 1 aromatic heterocycles. The number of nitrogens with one attached hydrogen (secondary N) is 3. The smallest absolute Gasteiger partial charge is 0.319 e. The van der Waals surface area contributed by atoms with Crippen LogP contribution in [0.15, 0.2) is 42.5 Å². The molecule has 1 heterocycles. The number of aromatic nitrogens is 2. The van der Waals surface area contributed by atoms with Crippen LogP contribution in [0.3, 0.4) is 0 Å². The Morgan fingerprint density at radius 1 is 1.09 bits per heavy atom. The zero-order valence-corrected chi connectivity index (χ0v) is 18.7.